The predicted octanol–water partition coefficient (Wildman–Crippen LogP) is 2.71. The lowest BCUT2D eigenvalue weighted by Gasteiger charge is -2.40. The molecule has 0 bridgehead atoms. The summed E-state index contributed by atoms with van der Waals surface area (Å²) in [4.78, 5) is 46.9. The second-order valence-electron chi connectivity index (χ2n) is 9.74. The zero-order chi connectivity index (χ0) is 25.1. The number of aromatic nitrogens is 1. The Hall–Kier alpha value is -3.30. The first-order valence-electron chi connectivity index (χ1n) is 12.6. The fourth-order valence-corrected chi connectivity index (χ4v) is 5.65. The molecule has 4 heterocycles. The number of hydrogen-bond acceptors (Lipinski definition) is 7. The first-order valence-corrected chi connectivity index (χ1v) is 12.6. The minimum Gasteiger partial charge on any atom is -0.465 e. The SMILES string of the molecule is COC(=O)c1ccc(CN2CCC([C@]3(c4ccccn4)NC(=O)N(C[C@H]4CCCO4)C3=O)CC2)cc1. The zero-order valence-electron chi connectivity index (χ0n) is 20.5. The van der Waals surface area contributed by atoms with E-state index < -0.39 is 5.54 Å². The van der Waals surface area contributed by atoms with Gasteiger partial charge in [0.1, 0.15) is 0 Å². The van der Waals surface area contributed by atoms with Gasteiger partial charge in [0, 0.05) is 19.3 Å². The molecule has 0 unspecified atom stereocenters. The standard InChI is InChI=1S/C27H32N4O5/c1-35-24(32)20-9-7-19(8-10-20)17-30-14-11-21(12-15-30)27(23-6-2-3-13-28-23)25(33)31(26(34)29-27)18-22-5-4-16-36-22/h2-3,6-10,13,21-22H,4-5,11-12,14-18H2,1H3,(H,29,34)/t22-,27-/m1/s1. The number of nitrogens with zero attached hydrogens (tertiary/aromatic N) is 3. The van der Waals surface area contributed by atoms with Crippen LogP contribution in [0.4, 0.5) is 4.79 Å². The fourth-order valence-electron chi connectivity index (χ4n) is 5.65. The molecule has 190 valence electrons. The van der Waals surface area contributed by atoms with Gasteiger partial charge in [-0.1, -0.05) is 18.2 Å². The molecule has 1 aromatic heterocycles. The van der Waals surface area contributed by atoms with Crippen molar-refractivity contribution >= 4 is 17.9 Å². The number of urea groups is 1. The summed E-state index contributed by atoms with van der Waals surface area (Å²) in [5, 5.41) is 3.07. The van der Waals surface area contributed by atoms with E-state index in [1.165, 1.54) is 12.0 Å². The van der Waals surface area contributed by atoms with Crippen LogP contribution in [-0.2, 0) is 26.4 Å². The molecule has 3 aliphatic rings. The molecule has 3 saturated heterocycles. The van der Waals surface area contributed by atoms with E-state index >= 15 is 0 Å². The monoisotopic (exact) mass is 492 g/mol. The summed E-state index contributed by atoms with van der Waals surface area (Å²) in [6.07, 6.45) is 4.86. The normalized spacial score (nSPS) is 25.2. The summed E-state index contributed by atoms with van der Waals surface area (Å²) >= 11 is 0. The maximum Gasteiger partial charge on any atom is 0.337 e. The Labute approximate surface area is 210 Å². The Morgan fingerprint density at radius 3 is 2.56 bits per heavy atom. The molecule has 9 nitrogen and oxygen atoms in total. The number of likely N-dealkylation sites (tertiary alicyclic amines) is 1. The van der Waals surface area contributed by atoms with E-state index in [1.807, 2.05) is 30.3 Å². The Kier molecular flexibility index (Phi) is 7.02. The van der Waals surface area contributed by atoms with Crippen molar-refractivity contribution in [1.82, 2.24) is 20.1 Å². The van der Waals surface area contributed by atoms with Crippen LogP contribution < -0.4 is 5.32 Å². The van der Waals surface area contributed by atoms with Gasteiger partial charge in [0.15, 0.2) is 5.54 Å². The van der Waals surface area contributed by atoms with Crippen molar-refractivity contribution in [3.05, 3.63) is 65.5 Å². The molecule has 2 atom stereocenters. The second kappa shape index (κ2) is 10.4. The van der Waals surface area contributed by atoms with Gasteiger partial charge in [-0.2, -0.15) is 0 Å². The molecule has 1 aromatic carbocycles. The number of esters is 1. The highest BCUT2D eigenvalue weighted by Crippen LogP contribution is 2.41. The molecule has 0 spiro atoms. The molecule has 0 saturated carbocycles. The number of methoxy groups -OCH3 is 1. The van der Waals surface area contributed by atoms with Crippen LogP contribution in [0.2, 0.25) is 0 Å². The molecule has 0 aliphatic carbocycles. The van der Waals surface area contributed by atoms with E-state index in [0.717, 1.165) is 50.9 Å². The van der Waals surface area contributed by atoms with Crippen molar-refractivity contribution in [2.75, 3.05) is 33.4 Å². The van der Waals surface area contributed by atoms with Crippen molar-refractivity contribution < 1.29 is 23.9 Å². The van der Waals surface area contributed by atoms with Gasteiger partial charge in [0.2, 0.25) is 0 Å². The van der Waals surface area contributed by atoms with Gasteiger partial charge in [0.05, 0.1) is 31.0 Å². The van der Waals surface area contributed by atoms with E-state index in [-0.39, 0.29) is 36.5 Å². The molecule has 3 amide bonds. The lowest BCUT2D eigenvalue weighted by atomic mass is 9.75. The number of carbonyl (C=O) groups excluding carboxylic acids is 3. The Balaban J connectivity index is 1.30. The van der Waals surface area contributed by atoms with Crippen molar-refractivity contribution in [1.29, 1.82) is 0 Å². The van der Waals surface area contributed by atoms with Gasteiger partial charge in [-0.05, 0) is 74.5 Å². The van der Waals surface area contributed by atoms with E-state index in [4.69, 9.17) is 9.47 Å². The summed E-state index contributed by atoms with van der Waals surface area (Å²) in [7, 11) is 1.37. The largest absolute Gasteiger partial charge is 0.465 e. The smallest absolute Gasteiger partial charge is 0.337 e. The van der Waals surface area contributed by atoms with E-state index in [2.05, 4.69) is 15.2 Å². The van der Waals surface area contributed by atoms with E-state index in [0.29, 0.717) is 17.9 Å². The Morgan fingerprint density at radius 1 is 1.14 bits per heavy atom. The van der Waals surface area contributed by atoms with Crippen LogP contribution in [0.15, 0.2) is 48.7 Å². The van der Waals surface area contributed by atoms with Gasteiger partial charge in [0.25, 0.3) is 5.91 Å². The number of benzene rings is 1. The van der Waals surface area contributed by atoms with Crippen LogP contribution in [0.1, 0.15) is 47.3 Å². The number of imide groups is 1. The average molecular weight is 493 g/mol. The summed E-state index contributed by atoms with van der Waals surface area (Å²) in [5.74, 6) is -0.645. The quantitative estimate of drug-likeness (QED) is 0.468. The van der Waals surface area contributed by atoms with Gasteiger partial charge in [-0.15, -0.1) is 0 Å². The predicted molar refractivity (Wildman–Crippen MR) is 131 cm³/mol. The van der Waals surface area contributed by atoms with Gasteiger partial charge >= 0.3 is 12.0 Å². The number of nitrogens with one attached hydrogen (secondary N) is 1. The number of amides is 3. The molecule has 9 heteroatoms. The van der Waals surface area contributed by atoms with Crippen LogP contribution in [0, 0.1) is 5.92 Å². The third kappa shape index (κ3) is 4.60. The molecule has 3 fully saturated rings. The lowest BCUT2D eigenvalue weighted by molar-refractivity contribution is -0.135. The maximum absolute atomic E-state index is 13.9. The minimum atomic E-state index is -1.16. The van der Waals surface area contributed by atoms with Crippen molar-refractivity contribution in [3.8, 4) is 0 Å². The molecule has 3 aliphatic heterocycles. The molecule has 36 heavy (non-hydrogen) atoms. The molecule has 0 radical (unpaired) electrons. The molecular weight excluding hydrogens is 460 g/mol. The maximum atomic E-state index is 13.9. The summed E-state index contributed by atoms with van der Waals surface area (Å²) < 4.78 is 10.5. The van der Waals surface area contributed by atoms with Crippen LogP contribution in [0.25, 0.3) is 0 Å². The molecule has 5 rings (SSSR count). The molecule has 2 aromatic rings. The number of carbonyl (C=O) groups is 3. The lowest BCUT2D eigenvalue weighted by Crippen LogP contribution is -2.54. The highest BCUT2D eigenvalue weighted by atomic mass is 16.5. The molecular formula is C27H32N4O5. The summed E-state index contributed by atoms with van der Waals surface area (Å²) in [5.41, 5.74) is 1.06. The number of hydrogen-bond donors (Lipinski definition) is 1. The van der Waals surface area contributed by atoms with Crippen molar-refractivity contribution in [2.45, 2.75) is 43.9 Å². The number of piperidine rings is 1. The van der Waals surface area contributed by atoms with Crippen LogP contribution in [-0.4, -0.2) is 72.1 Å². The van der Waals surface area contributed by atoms with Crippen LogP contribution in [0.3, 0.4) is 0 Å². The topological polar surface area (TPSA) is 101 Å². The van der Waals surface area contributed by atoms with Crippen LogP contribution in [0.5, 0.6) is 0 Å². The van der Waals surface area contributed by atoms with Crippen molar-refractivity contribution in [2.24, 2.45) is 5.92 Å². The zero-order valence-corrected chi connectivity index (χ0v) is 20.5. The summed E-state index contributed by atoms with van der Waals surface area (Å²) in [6, 6.07) is 12.6. The number of rotatable bonds is 7. The average Bonchev–Trinajstić information content (AvgIpc) is 3.52. The first-order chi connectivity index (χ1) is 17.5. The van der Waals surface area contributed by atoms with E-state index in [1.54, 1.807) is 18.3 Å². The third-order valence-corrected chi connectivity index (χ3v) is 7.59. The van der Waals surface area contributed by atoms with Crippen molar-refractivity contribution in [3.63, 3.8) is 0 Å². The van der Waals surface area contributed by atoms with Gasteiger partial charge in [-0.25, -0.2) is 9.59 Å². The highest BCUT2D eigenvalue weighted by Gasteiger charge is 2.58. The van der Waals surface area contributed by atoms with Gasteiger partial charge in [-0.3, -0.25) is 19.6 Å². The second-order valence-corrected chi connectivity index (χ2v) is 9.74. The van der Waals surface area contributed by atoms with Gasteiger partial charge < -0.3 is 14.8 Å². The highest BCUT2D eigenvalue weighted by molar-refractivity contribution is 6.07. The first kappa shape index (κ1) is 24.4. The molecule has 1 N–H and O–H groups in total. The fraction of sp³-hybridized carbons (Fsp3) is 0.481. The number of ether oxygens (including phenoxy) is 2. The van der Waals surface area contributed by atoms with Crippen LogP contribution >= 0.6 is 0 Å². The van der Waals surface area contributed by atoms with E-state index in [9.17, 15) is 14.4 Å². The number of pyridine rings is 1. The summed E-state index contributed by atoms with van der Waals surface area (Å²) in [6.45, 7) is 3.26. The Bertz CT molecular complexity index is 1090. The Morgan fingerprint density at radius 2 is 1.92 bits per heavy atom. The third-order valence-electron chi connectivity index (χ3n) is 7.59. The minimum absolute atomic E-state index is 0.0729.